The normalized spacial score (nSPS) is 21.7. The van der Waals surface area contributed by atoms with Crippen molar-refractivity contribution in [1.82, 2.24) is 0 Å². The molecule has 17 heteroatoms. The van der Waals surface area contributed by atoms with Crippen LogP contribution in [0.2, 0.25) is 0 Å². The summed E-state index contributed by atoms with van der Waals surface area (Å²) < 4.78 is 64.7. The number of aliphatic hydroxyl groups excluding tert-OH is 2. The molecule has 0 spiro atoms. The van der Waals surface area contributed by atoms with Crippen molar-refractivity contribution in [2.45, 2.75) is 25.7 Å². The highest BCUT2D eigenvalue weighted by Gasteiger charge is 2.32. The Morgan fingerprint density at radius 1 is 0.654 bits per heavy atom. The summed E-state index contributed by atoms with van der Waals surface area (Å²) in [5, 5.41) is 26.0. The minimum absolute atomic E-state index is 0.0333. The van der Waals surface area contributed by atoms with Crippen LogP contribution in [0, 0.1) is 11.8 Å². The molecule has 2 aromatic carbocycles. The first kappa shape index (κ1) is 36.1. The highest BCUT2D eigenvalue weighted by atomic mass is 32.2. The van der Waals surface area contributed by atoms with E-state index in [9.17, 15) is 50.5 Å². The lowest BCUT2D eigenvalue weighted by Crippen LogP contribution is -2.21. The van der Waals surface area contributed by atoms with Crippen LogP contribution in [0.25, 0.3) is 0 Å². The number of hydrogen-bond acceptors (Lipinski definition) is 9. The minimum Gasteiger partial charge on any atom is -0.508 e. The Morgan fingerprint density at radius 3 is 1.44 bits per heavy atom. The van der Waals surface area contributed by atoms with E-state index in [-0.39, 0.29) is 69.5 Å². The van der Waals surface area contributed by atoms with Gasteiger partial charge in [-0.25, -0.2) is 14.8 Å². The molecule has 0 fully saturated rings. The summed E-state index contributed by atoms with van der Waals surface area (Å²) in [5.41, 5.74) is 2.39. The Labute approximate surface area is 297 Å². The van der Waals surface area contributed by atoms with Gasteiger partial charge in [0.1, 0.15) is 11.5 Å². The molecule has 2 aromatic rings. The monoisotopic (exact) mass is 746 g/mol. The van der Waals surface area contributed by atoms with E-state index in [2.05, 4.69) is 20.6 Å². The zero-order valence-electron chi connectivity index (χ0n) is 26.9. The van der Waals surface area contributed by atoms with Crippen molar-refractivity contribution in [3.8, 4) is 0 Å². The molecule has 0 radical (unpaired) electrons. The summed E-state index contributed by atoms with van der Waals surface area (Å²) in [5.74, 6) is -2.84. The molecule has 6 N–H and O–H groups in total. The molecule has 2 unspecified atom stereocenters. The molecule has 0 aliphatic heterocycles. The number of carbonyl (C=O) groups excluding carboxylic acids is 3. The van der Waals surface area contributed by atoms with E-state index in [0.29, 0.717) is 22.6 Å². The van der Waals surface area contributed by atoms with Gasteiger partial charge in [0, 0.05) is 58.6 Å². The lowest BCUT2D eigenvalue weighted by molar-refractivity contribution is 0.0994. The van der Waals surface area contributed by atoms with Crippen LogP contribution in [0.5, 0.6) is 0 Å². The summed E-state index contributed by atoms with van der Waals surface area (Å²) in [6.45, 7) is 0. The zero-order chi connectivity index (χ0) is 37.4. The van der Waals surface area contributed by atoms with Crippen LogP contribution in [0.4, 0.5) is 16.2 Å². The average Bonchev–Trinajstić information content (AvgIpc) is 3.08. The molecule has 0 bridgehead atoms. The largest absolute Gasteiger partial charge is 0.508 e. The van der Waals surface area contributed by atoms with Gasteiger partial charge in [-0.15, -0.1) is 0 Å². The number of allylic oxidation sites excluding steroid dienone is 10. The van der Waals surface area contributed by atoms with Gasteiger partial charge in [0.25, 0.3) is 32.1 Å². The number of hydrogen-bond donors (Lipinski definition) is 6. The van der Waals surface area contributed by atoms with Gasteiger partial charge in [-0.05, 0) is 84.7 Å². The van der Waals surface area contributed by atoms with Crippen molar-refractivity contribution in [1.29, 1.82) is 0 Å². The zero-order valence-corrected chi connectivity index (χ0v) is 28.6. The lowest BCUT2D eigenvalue weighted by atomic mass is 9.83. The predicted octanol–water partition coefficient (Wildman–Crippen LogP) is 5.62. The van der Waals surface area contributed by atoms with Crippen molar-refractivity contribution >= 4 is 60.9 Å². The predicted molar refractivity (Wildman–Crippen MR) is 191 cm³/mol. The van der Waals surface area contributed by atoms with E-state index in [4.69, 9.17) is 0 Å². The standard InChI is InChI=1S/C35H30N4O11S2/c40-31-17-27(51(45,46)47)13-19-7-9-25(15-29(19)31)36-33(42)21-3-1-5-23(11-21)38-35(44)39-24-6-2-4-22(12-24)34(43)37-26-10-8-20-14-28(52(48,49)50)18-32(41)30(20)16-26/h1-12,17-20,40-41H,13-16H2,(H2,38,39,44)(H,45,46,47)(H,48,49,50). The van der Waals surface area contributed by atoms with Gasteiger partial charge < -0.3 is 20.8 Å². The van der Waals surface area contributed by atoms with E-state index in [1.54, 1.807) is 48.6 Å². The summed E-state index contributed by atoms with van der Waals surface area (Å²) in [6.07, 6.45) is 8.38. The number of rotatable bonds is 6. The Balaban J connectivity index is 1.09. The molecule has 0 saturated carbocycles. The van der Waals surface area contributed by atoms with Gasteiger partial charge in [0.2, 0.25) is 0 Å². The Kier molecular flexibility index (Phi) is 9.78. The molecular weight excluding hydrogens is 717 g/mol. The number of fused-ring (bicyclic) bond motifs is 2. The molecular formula is C35H30N4O11S2. The van der Waals surface area contributed by atoms with Gasteiger partial charge in [0.05, 0.1) is 9.81 Å². The number of urea groups is 1. The van der Waals surface area contributed by atoms with Crippen LogP contribution < -0.4 is 10.6 Å². The molecule has 4 aliphatic carbocycles. The molecule has 4 amide bonds. The molecule has 52 heavy (non-hydrogen) atoms. The van der Waals surface area contributed by atoms with Crippen molar-refractivity contribution in [3.05, 3.63) is 129 Å². The molecule has 15 nitrogen and oxygen atoms in total. The summed E-state index contributed by atoms with van der Waals surface area (Å²) in [7, 11) is -8.92. The van der Waals surface area contributed by atoms with Crippen LogP contribution in [-0.4, -0.2) is 65.4 Å². The number of anilines is 2. The smallest absolute Gasteiger partial charge is 0.323 e. The van der Waals surface area contributed by atoms with E-state index >= 15 is 0 Å². The second kappa shape index (κ2) is 14.1. The number of nitrogens with zero attached hydrogens (tertiary/aromatic N) is 2. The number of nitrogens with one attached hydrogen (secondary N) is 2. The fourth-order valence-corrected chi connectivity index (χ4v) is 7.40. The van der Waals surface area contributed by atoms with Crippen molar-refractivity contribution in [3.63, 3.8) is 0 Å². The number of benzene rings is 2. The van der Waals surface area contributed by atoms with Crippen molar-refractivity contribution in [2.24, 2.45) is 21.8 Å². The molecule has 268 valence electrons. The van der Waals surface area contributed by atoms with Gasteiger partial charge >= 0.3 is 6.03 Å². The lowest BCUT2D eigenvalue weighted by Gasteiger charge is -2.26. The minimum atomic E-state index is -4.46. The SMILES string of the molecule is O=C(Nc1cccc(C(=O)N=C2C=CC3CC(S(=O)(=O)O)=CC(O)=C3C2)c1)Nc1cccc(C(=O)N=C2C=CC3CC(S(=O)(=O)O)=CC(O)=C3C2)c1. The molecule has 0 aromatic heterocycles. The quantitative estimate of drug-likeness (QED) is 0.198. The molecule has 4 aliphatic rings. The molecule has 0 heterocycles. The fraction of sp³-hybridized carbons (Fsp3) is 0.171. The number of carbonyl (C=O) groups is 3. The number of amides is 4. The average molecular weight is 747 g/mol. The topological polar surface area (TPSA) is 249 Å². The van der Waals surface area contributed by atoms with Gasteiger partial charge in [0.15, 0.2) is 0 Å². The van der Waals surface area contributed by atoms with E-state index in [0.717, 1.165) is 12.2 Å². The second-order valence-electron chi connectivity index (χ2n) is 12.2. The van der Waals surface area contributed by atoms with Gasteiger partial charge in [-0.2, -0.15) is 16.8 Å². The Hall–Kier alpha value is -5.75. The maximum atomic E-state index is 13.0. The third-order valence-corrected chi connectivity index (χ3v) is 10.6. The van der Waals surface area contributed by atoms with E-state index in [1.165, 1.54) is 24.3 Å². The van der Waals surface area contributed by atoms with Crippen LogP contribution in [-0.2, 0) is 20.2 Å². The molecule has 6 rings (SSSR count). The third-order valence-electron chi connectivity index (χ3n) is 8.66. The number of aliphatic hydroxyl groups is 2. The molecule has 0 saturated heterocycles. The number of aliphatic imine (C=N–C) groups is 2. The van der Waals surface area contributed by atoms with Crippen molar-refractivity contribution < 1.29 is 50.5 Å². The second-order valence-corrected chi connectivity index (χ2v) is 15.2. The maximum Gasteiger partial charge on any atom is 0.323 e. The first-order valence-corrected chi connectivity index (χ1v) is 18.5. The fourth-order valence-electron chi connectivity index (χ4n) is 6.10. The van der Waals surface area contributed by atoms with Crippen LogP contribution in [0.15, 0.2) is 127 Å². The Morgan fingerprint density at radius 2 is 1.06 bits per heavy atom. The summed E-state index contributed by atoms with van der Waals surface area (Å²) in [4.78, 5) is 46.5. The highest BCUT2D eigenvalue weighted by Crippen LogP contribution is 2.38. The van der Waals surface area contributed by atoms with E-state index in [1.807, 2.05) is 0 Å². The first-order chi connectivity index (χ1) is 24.5. The van der Waals surface area contributed by atoms with Crippen LogP contribution in [0.3, 0.4) is 0 Å². The van der Waals surface area contributed by atoms with Crippen LogP contribution >= 0.6 is 0 Å². The van der Waals surface area contributed by atoms with E-state index < -0.39 is 49.9 Å². The van der Waals surface area contributed by atoms with Crippen molar-refractivity contribution in [2.75, 3.05) is 10.6 Å². The third kappa shape index (κ3) is 8.24. The summed E-state index contributed by atoms with van der Waals surface area (Å²) in [6, 6.07) is 11.3. The Bertz CT molecular complexity index is 2230. The highest BCUT2D eigenvalue weighted by molar-refractivity contribution is 7.90. The molecule has 2 atom stereocenters. The van der Waals surface area contributed by atoms with Gasteiger partial charge in [-0.3, -0.25) is 18.7 Å². The first-order valence-electron chi connectivity index (χ1n) is 15.6. The maximum absolute atomic E-state index is 13.0. The van der Waals surface area contributed by atoms with Gasteiger partial charge in [-0.1, -0.05) is 24.3 Å². The summed E-state index contributed by atoms with van der Waals surface area (Å²) >= 11 is 0. The van der Waals surface area contributed by atoms with Crippen LogP contribution in [0.1, 0.15) is 46.4 Å².